The zero-order chi connectivity index (χ0) is 12.0. The standard InChI is InChI=1S/C14H19NO/c1-3-4-11(2)9-14(16)13-7-5-12(10-15)6-8-13/h5-8,11,14,16H,3-4,9H2,1-2H3. The second kappa shape index (κ2) is 6.30. The number of benzene rings is 1. The molecular weight excluding hydrogens is 198 g/mol. The maximum Gasteiger partial charge on any atom is 0.0991 e. The summed E-state index contributed by atoms with van der Waals surface area (Å²) in [6.07, 6.45) is 2.68. The third kappa shape index (κ3) is 3.67. The van der Waals surface area contributed by atoms with Crippen molar-refractivity contribution in [2.24, 2.45) is 5.92 Å². The first-order valence-corrected chi connectivity index (χ1v) is 5.85. The molecular formula is C14H19NO. The van der Waals surface area contributed by atoms with E-state index in [1.54, 1.807) is 12.1 Å². The Hall–Kier alpha value is -1.33. The van der Waals surface area contributed by atoms with Gasteiger partial charge >= 0.3 is 0 Å². The second-order valence-corrected chi connectivity index (χ2v) is 4.38. The molecule has 2 unspecified atom stereocenters. The number of nitriles is 1. The smallest absolute Gasteiger partial charge is 0.0991 e. The summed E-state index contributed by atoms with van der Waals surface area (Å²) >= 11 is 0. The summed E-state index contributed by atoms with van der Waals surface area (Å²) in [5.74, 6) is 0.538. The largest absolute Gasteiger partial charge is 0.388 e. The van der Waals surface area contributed by atoms with Crippen LogP contribution in [0.2, 0.25) is 0 Å². The lowest BCUT2D eigenvalue weighted by Crippen LogP contribution is -2.04. The third-order valence-corrected chi connectivity index (χ3v) is 2.83. The van der Waals surface area contributed by atoms with E-state index < -0.39 is 6.10 Å². The summed E-state index contributed by atoms with van der Waals surface area (Å²) in [7, 11) is 0. The Morgan fingerprint density at radius 2 is 1.94 bits per heavy atom. The first-order valence-electron chi connectivity index (χ1n) is 5.85. The van der Waals surface area contributed by atoms with E-state index in [0.29, 0.717) is 11.5 Å². The molecule has 1 aromatic rings. The molecule has 1 N–H and O–H groups in total. The normalized spacial score (nSPS) is 14.1. The molecule has 0 bridgehead atoms. The van der Waals surface area contributed by atoms with Crippen molar-refractivity contribution in [3.8, 4) is 6.07 Å². The highest BCUT2D eigenvalue weighted by Crippen LogP contribution is 2.23. The molecule has 0 aliphatic rings. The molecule has 16 heavy (non-hydrogen) atoms. The molecule has 0 radical (unpaired) electrons. The van der Waals surface area contributed by atoms with Crippen LogP contribution in [0.1, 0.15) is 50.3 Å². The van der Waals surface area contributed by atoms with Gasteiger partial charge in [-0.15, -0.1) is 0 Å². The highest BCUT2D eigenvalue weighted by Gasteiger charge is 2.11. The molecule has 0 saturated heterocycles. The van der Waals surface area contributed by atoms with Gasteiger partial charge in [0.25, 0.3) is 0 Å². The van der Waals surface area contributed by atoms with Gasteiger partial charge in [0.15, 0.2) is 0 Å². The number of nitrogens with zero attached hydrogens (tertiary/aromatic N) is 1. The van der Waals surface area contributed by atoms with Crippen LogP contribution in [0.3, 0.4) is 0 Å². The van der Waals surface area contributed by atoms with Crippen LogP contribution >= 0.6 is 0 Å². The molecule has 0 aliphatic carbocycles. The molecule has 0 amide bonds. The van der Waals surface area contributed by atoms with Gasteiger partial charge in [0.2, 0.25) is 0 Å². The Kier molecular flexibility index (Phi) is 5.01. The molecule has 0 fully saturated rings. The lowest BCUT2D eigenvalue weighted by Gasteiger charge is -2.16. The number of aliphatic hydroxyl groups is 1. The second-order valence-electron chi connectivity index (χ2n) is 4.38. The van der Waals surface area contributed by atoms with Crippen molar-refractivity contribution < 1.29 is 5.11 Å². The molecule has 0 aromatic heterocycles. The van der Waals surface area contributed by atoms with E-state index in [2.05, 4.69) is 19.9 Å². The van der Waals surface area contributed by atoms with Gasteiger partial charge in [0.1, 0.15) is 0 Å². The van der Waals surface area contributed by atoms with E-state index in [0.717, 1.165) is 24.8 Å². The average Bonchev–Trinajstić information content (AvgIpc) is 2.29. The quantitative estimate of drug-likeness (QED) is 0.821. The van der Waals surface area contributed by atoms with Crippen molar-refractivity contribution >= 4 is 0 Å². The Morgan fingerprint density at radius 3 is 2.44 bits per heavy atom. The number of hydrogen-bond donors (Lipinski definition) is 1. The van der Waals surface area contributed by atoms with E-state index in [1.807, 2.05) is 12.1 Å². The topological polar surface area (TPSA) is 44.0 Å². The molecule has 0 aliphatic heterocycles. The summed E-state index contributed by atoms with van der Waals surface area (Å²) in [5, 5.41) is 18.7. The van der Waals surface area contributed by atoms with E-state index >= 15 is 0 Å². The molecule has 0 spiro atoms. The van der Waals surface area contributed by atoms with Gasteiger partial charge in [-0.25, -0.2) is 0 Å². The van der Waals surface area contributed by atoms with E-state index in [1.165, 1.54) is 0 Å². The lowest BCUT2D eigenvalue weighted by molar-refractivity contribution is 0.145. The van der Waals surface area contributed by atoms with Crippen molar-refractivity contribution in [2.45, 2.75) is 39.2 Å². The Labute approximate surface area is 97.5 Å². The summed E-state index contributed by atoms with van der Waals surface area (Å²) in [4.78, 5) is 0. The van der Waals surface area contributed by atoms with Crippen LogP contribution in [-0.2, 0) is 0 Å². The Bertz CT molecular complexity index is 350. The van der Waals surface area contributed by atoms with Crippen LogP contribution in [0.25, 0.3) is 0 Å². The van der Waals surface area contributed by atoms with Crippen molar-refractivity contribution in [2.75, 3.05) is 0 Å². The summed E-state index contributed by atoms with van der Waals surface area (Å²) in [5.41, 5.74) is 1.54. The lowest BCUT2D eigenvalue weighted by atomic mass is 9.94. The van der Waals surface area contributed by atoms with E-state index in [9.17, 15) is 5.11 Å². The highest BCUT2D eigenvalue weighted by molar-refractivity contribution is 5.32. The Morgan fingerprint density at radius 1 is 1.31 bits per heavy atom. The van der Waals surface area contributed by atoms with Gasteiger partial charge < -0.3 is 5.11 Å². The van der Waals surface area contributed by atoms with Gasteiger partial charge in [-0.2, -0.15) is 5.26 Å². The maximum atomic E-state index is 10.00. The molecule has 1 rings (SSSR count). The monoisotopic (exact) mass is 217 g/mol. The van der Waals surface area contributed by atoms with Crippen molar-refractivity contribution in [3.63, 3.8) is 0 Å². The minimum absolute atomic E-state index is 0.408. The van der Waals surface area contributed by atoms with Gasteiger partial charge in [-0.05, 0) is 30.0 Å². The fraction of sp³-hybridized carbons (Fsp3) is 0.500. The first kappa shape index (κ1) is 12.7. The molecule has 0 saturated carbocycles. The highest BCUT2D eigenvalue weighted by atomic mass is 16.3. The molecule has 2 atom stereocenters. The van der Waals surface area contributed by atoms with Crippen molar-refractivity contribution in [1.29, 1.82) is 5.26 Å². The van der Waals surface area contributed by atoms with Crippen LogP contribution in [0, 0.1) is 17.2 Å². The molecule has 2 nitrogen and oxygen atoms in total. The predicted octanol–water partition coefficient (Wildman–Crippen LogP) is 3.42. The summed E-state index contributed by atoms with van der Waals surface area (Å²) < 4.78 is 0. The van der Waals surface area contributed by atoms with Crippen LogP contribution in [0.4, 0.5) is 0 Å². The van der Waals surface area contributed by atoms with Crippen molar-refractivity contribution in [1.82, 2.24) is 0 Å². The van der Waals surface area contributed by atoms with Crippen LogP contribution in [0.5, 0.6) is 0 Å². The fourth-order valence-corrected chi connectivity index (χ4v) is 1.91. The molecule has 0 heterocycles. The van der Waals surface area contributed by atoms with Gasteiger partial charge in [-0.1, -0.05) is 38.8 Å². The third-order valence-electron chi connectivity index (χ3n) is 2.83. The minimum atomic E-state index is -0.408. The zero-order valence-electron chi connectivity index (χ0n) is 9.98. The number of hydrogen-bond acceptors (Lipinski definition) is 2. The van der Waals surface area contributed by atoms with Crippen LogP contribution < -0.4 is 0 Å². The van der Waals surface area contributed by atoms with Gasteiger partial charge in [0.05, 0.1) is 17.7 Å². The van der Waals surface area contributed by atoms with Crippen molar-refractivity contribution in [3.05, 3.63) is 35.4 Å². The van der Waals surface area contributed by atoms with E-state index in [4.69, 9.17) is 5.26 Å². The number of aliphatic hydroxyl groups excluding tert-OH is 1. The predicted molar refractivity (Wildman–Crippen MR) is 64.8 cm³/mol. The summed E-state index contributed by atoms with van der Waals surface area (Å²) in [6, 6.07) is 9.25. The van der Waals surface area contributed by atoms with Crippen LogP contribution in [0.15, 0.2) is 24.3 Å². The SMILES string of the molecule is CCCC(C)CC(O)c1ccc(C#N)cc1. The maximum absolute atomic E-state index is 10.00. The first-order chi connectivity index (χ1) is 7.67. The average molecular weight is 217 g/mol. The molecule has 1 aromatic carbocycles. The molecule has 2 heteroatoms. The zero-order valence-corrected chi connectivity index (χ0v) is 9.98. The van der Waals surface area contributed by atoms with Gasteiger partial charge in [-0.3, -0.25) is 0 Å². The number of rotatable bonds is 5. The minimum Gasteiger partial charge on any atom is -0.388 e. The Balaban J connectivity index is 2.59. The fourth-order valence-electron chi connectivity index (χ4n) is 1.91. The van der Waals surface area contributed by atoms with E-state index in [-0.39, 0.29) is 0 Å². The van der Waals surface area contributed by atoms with Gasteiger partial charge in [0, 0.05) is 0 Å². The summed E-state index contributed by atoms with van der Waals surface area (Å²) in [6.45, 7) is 4.32. The van der Waals surface area contributed by atoms with Crippen LogP contribution in [-0.4, -0.2) is 5.11 Å². The molecule has 86 valence electrons.